The van der Waals surface area contributed by atoms with Gasteiger partial charge in [0.05, 0.1) is 24.6 Å². The predicted molar refractivity (Wildman–Crippen MR) is 146 cm³/mol. The number of hydrogen-bond donors (Lipinski definition) is 0. The van der Waals surface area contributed by atoms with E-state index < -0.39 is 0 Å². The Morgan fingerprint density at radius 2 is 1.62 bits per heavy atom. The fourth-order valence-corrected chi connectivity index (χ4v) is 5.57. The van der Waals surface area contributed by atoms with E-state index in [-0.39, 0.29) is 24.0 Å². The van der Waals surface area contributed by atoms with Crippen molar-refractivity contribution in [3.8, 4) is 11.5 Å². The topological polar surface area (TPSA) is 59.1 Å². The van der Waals surface area contributed by atoms with E-state index in [2.05, 4.69) is 4.90 Å². The molecule has 37 heavy (non-hydrogen) atoms. The summed E-state index contributed by atoms with van der Waals surface area (Å²) in [6.07, 6.45) is 9.47. The zero-order valence-electron chi connectivity index (χ0n) is 22.5. The molecule has 1 aliphatic carbocycles. The number of hydrogen-bond acceptors (Lipinski definition) is 4. The van der Waals surface area contributed by atoms with Crippen molar-refractivity contribution in [1.29, 1.82) is 0 Å². The lowest BCUT2D eigenvalue weighted by molar-refractivity contribution is -0.136. The van der Waals surface area contributed by atoms with Gasteiger partial charge in [0.2, 0.25) is 5.91 Å². The monoisotopic (exact) mass is 506 g/mol. The third-order valence-electron chi connectivity index (χ3n) is 7.61. The summed E-state index contributed by atoms with van der Waals surface area (Å²) in [6.45, 7) is 4.09. The van der Waals surface area contributed by atoms with Crippen molar-refractivity contribution >= 4 is 11.8 Å². The summed E-state index contributed by atoms with van der Waals surface area (Å²) >= 11 is 0. The molecule has 0 bridgehead atoms. The first-order valence-corrected chi connectivity index (χ1v) is 14.1. The Balaban J connectivity index is 1.58. The number of fused-ring (bicyclic) bond motifs is 2. The van der Waals surface area contributed by atoms with Gasteiger partial charge < -0.3 is 19.3 Å². The van der Waals surface area contributed by atoms with Gasteiger partial charge in [-0.15, -0.1) is 0 Å². The fourth-order valence-electron chi connectivity index (χ4n) is 5.57. The van der Waals surface area contributed by atoms with Crippen LogP contribution in [0.4, 0.5) is 0 Å². The molecule has 1 aliphatic heterocycles. The van der Waals surface area contributed by atoms with Crippen LogP contribution in [-0.4, -0.2) is 60.5 Å². The second-order valence-electron chi connectivity index (χ2n) is 10.3. The number of para-hydroxylation sites is 1. The number of rotatable bonds is 4. The zero-order valence-corrected chi connectivity index (χ0v) is 22.5. The normalized spacial score (nSPS) is 21.6. The molecule has 2 aromatic rings. The first-order valence-electron chi connectivity index (χ1n) is 14.1. The summed E-state index contributed by atoms with van der Waals surface area (Å²) in [5.74, 6) is 1.61. The van der Waals surface area contributed by atoms with Gasteiger partial charge in [-0.05, 0) is 68.9 Å². The molecule has 2 atom stereocenters. The Morgan fingerprint density at radius 3 is 2.41 bits per heavy atom. The van der Waals surface area contributed by atoms with Crippen molar-refractivity contribution in [2.24, 2.45) is 0 Å². The van der Waals surface area contributed by atoms with Gasteiger partial charge in [0, 0.05) is 20.1 Å². The molecule has 0 unspecified atom stereocenters. The van der Waals surface area contributed by atoms with Crippen molar-refractivity contribution in [3.05, 3.63) is 59.7 Å². The number of carbonyl (C=O) groups is 2. The number of nitrogens with zero attached hydrogens (tertiary/aromatic N) is 2. The molecule has 1 heterocycles. The molecule has 0 spiro atoms. The summed E-state index contributed by atoms with van der Waals surface area (Å²) in [4.78, 5) is 30.9. The Labute approximate surface area is 221 Å². The van der Waals surface area contributed by atoms with E-state index in [1.54, 1.807) is 0 Å². The lowest BCUT2D eigenvalue weighted by Crippen LogP contribution is -2.51. The zero-order chi connectivity index (χ0) is 26.0. The molecule has 1 saturated carbocycles. The van der Waals surface area contributed by atoms with Crippen LogP contribution in [0.15, 0.2) is 48.5 Å². The molecule has 0 N–H and O–H groups in total. The van der Waals surface area contributed by atoms with Gasteiger partial charge in [-0.3, -0.25) is 9.59 Å². The van der Waals surface area contributed by atoms with Gasteiger partial charge in [0.25, 0.3) is 5.91 Å². The Kier molecular flexibility index (Phi) is 9.86. The lowest BCUT2D eigenvalue weighted by Gasteiger charge is -2.40. The van der Waals surface area contributed by atoms with Gasteiger partial charge in [-0.2, -0.15) is 0 Å². The summed E-state index contributed by atoms with van der Waals surface area (Å²) in [5.41, 5.74) is 1.60. The standard InChI is InChI=1S/C31H42N2O4/c1-3-36-25-19-17-24(18-20-25)23-30(34)33-22-12-6-4-5-11-21-32(2)31(35)26-13-7-9-15-28(26)37-29-16-10-8-14-27(29)33/h7,9,13,15,17-20,27,29H,3-6,8,10-12,14,16,21-23H2,1-2H3/t27-,29+/m1/s1. The van der Waals surface area contributed by atoms with Crippen molar-refractivity contribution < 1.29 is 19.1 Å². The maximum Gasteiger partial charge on any atom is 0.257 e. The van der Waals surface area contributed by atoms with Crippen molar-refractivity contribution in [2.45, 2.75) is 83.3 Å². The van der Waals surface area contributed by atoms with E-state index in [4.69, 9.17) is 9.47 Å². The Morgan fingerprint density at radius 1 is 0.919 bits per heavy atom. The highest BCUT2D eigenvalue weighted by molar-refractivity contribution is 5.96. The van der Waals surface area contributed by atoms with E-state index in [0.717, 1.165) is 82.2 Å². The van der Waals surface area contributed by atoms with Crippen LogP contribution in [0.5, 0.6) is 11.5 Å². The number of amides is 2. The number of ether oxygens (including phenoxy) is 2. The molecule has 6 heteroatoms. The van der Waals surface area contributed by atoms with Crippen LogP contribution >= 0.6 is 0 Å². The summed E-state index contributed by atoms with van der Waals surface area (Å²) in [7, 11) is 1.88. The highest BCUT2D eigenvalue weighted by Gasteiger charge is 2.35. The van der Waals surface area contributed by atoms with Gasteiger partial charge in [0.1, 0.15) is 17.6 Å². The summed E-state index contributed by atoms with van der Waals surface area (Å²) in [6, 6.07) is 15.4. The number of carbonyl (C=O) groups excluding carboxylic acids is 2. The van der Waals surface area contributed by atoms with Gasteiger partial charge in [-0.1, -0.05) is 49.9 Å². The molecule has 0 radical (unpaired) electrons. The van der Waals surface area contributed by atoms with E-state index in [9.17, 15) is 9.59 Å². The third kappa shape index (κ3) is 7.27. The summed E-state index contributed by atoms with van der Waals surface area (Å²) in [5, 5.41) is 0. The second kappa shape index (κ2) is 13.5. The molecule has 0 aromatic heterocycles. The average Bonchev–Trinajstić information content (AvgIpc) is 2.91. The average molecular weight is 507 g/mol. The maximum atomic E-state index is 13.7. The SMILES string of the molecule is CCOc1ccc(CC(=O)N2CCCCCCCN(C)C(=O)c3ccccc3O[C@H]3CCCC[C@H]32)cc1. The minimum atomic E-state index is -0.123. The highest BCUT2D eigenvalue weighted by atomic mass is 16.5. The molecule has 2 aromatic carbocycles. The Bertz CT molecular complexity index is 1020. The minimum Gasteiger partial charge on any atom is -0.494 e. The molecule has 200 valence electrons. The molecule has 2 aliphatic rings. The van der Waals surface area contributed by atoms with Crippen LogP contribution in [-0.2, 0) is 11.2 Å². The summed E-state index contributed by atoms with van der Waals surface area (Å²) < 4.78 is 12.2. The minimum absolute atomic E-state index is 0.00117. The van der Waals surface area contributed by atoms with Crippen molar-refractivity contribution in [1.82, 2.24) is 9.80 Å². The van der Waals surface area contributed by atoms with E-state index >= 15 is 0 Å². The van der Waals surface area contributed by atoms with E-state index in [1.165, 1.54) is 0 Å². The third-order valence-corrected chi connectivity index (χ3v) is 7.61. The molecule has 1 fully saturated rings. The van der Waals surface area contributed by atoms with Crippen LogP contribution < -0.4 is 9.47 Å². The first-order chi connectivity index (χ1) is 18.1. The van der Waals surface area contributed by atoms with E-state index in [1.807, 2.05) is 67.4 Å². The quantitative estimate of drug-likeness (QED) is 0.519. The Hall–Kier alpha value is -3.02. The first kappa shape index (κ1) is 27.0. The van der Waals surface area contributed by atoms with Crippen LogP contribution in [0.2, 0.25) is 0 Å². The van der Waals surface area contributed by atoms with Crippen LogP contribution in [0.1, 0.15) is 80.6 Å². The maximum absolute atomic E-state index is 13.7. The van der Waals surface area contributed by atoms with Crippen LogP contribution in [0, 0.1) is 0 Å². The van der Waals surface area contributed by atoms with Gasteiger partial charge >= 0.3 is 0 Å². The molecular weight excluding hydrogens is 464 g/mol. The molecule has 4 rings (SSSR count). The van der Waals surface area contributed by atoms with Crippen molar-refractivity contribution in [3.63, 3.8) is 0 Å². The van der Waals surface area contributed by atoms with Crippen LogP contribution in [0.3, 0.4) is 0 Å². The molecule has 0 saturated heterocycles. The smallest absolute Gasteiger partial charge is 0.257 e. The van der Waals surface area contributed by atoms with Gasteiger partial charge in [-0.25, -0.2) is 0 Å². The largest absolute Gasteiger partial charge is 0.494 e. The molecule has 6 nitrogen and oxygen atoms in total. The number of benzene rings is 2. The fraction of sp³-hybridized carbons (Fsp3) is 0.548. The van der Waals surface area contributed by atoms with Gasteiger partial charge in [0.15, 0.2) is 0 Å². The second-order valence-corrected chi connectivity index (χ2v) is 10.3. The predicted octanol–water partition coefficient (Wildman–Crippen LogP) is 5.88. The van der Waals surface area contributed by atoms with E-state index in [0.29, 0.717) is 24.3 Å². The highest BCUT2D eigenvalue weighted by Crippen LogP contribution is 2.31. The molecule has 2 amide bonds. The van der Waals surface area contributed by atoms with Crippen LogP contribution in [0.25, 0.3) is 0 Å². The lowest BCUT2D eigenvalue weighted by atomic mass is 9.90. The molecular formula is C31H42N2O4. The van der Waals surface area contributed by atoms with Crippen molar-refractivity contribution in [2.75, 3.05) is 26.7 Å².